The number of methoxy groups -OCH3 is 1. The van der Waals surface area contributed by atoms with Gasteiger partial charge in [0.2, 0.25) is 0 Å². The molecule has 112 valence electrons. The quantitative estimate of drug-likeness (QED) is 0.855. The highest BCUT2D eigenvalue weighted by molar-refractivity contribution is 5.64. The molecule has 1 fully saturated rings. The molecule has 1 saturated heterocycles. The Morgan fingerprint density at radius 1 is 1.33 bits per heavy atom. The number of benzene rings is 1. The predicted molar refractivity (Wildman–Crippen MR) is 77.8 cm³/mol. The van der Waals surface area contributed by atoms with Crippen molar-refractivity contribution in [2.45, 2.75) is 19.4 Å². The molecule has 0 unspecified atom stereocenters. The zero-order valence-corrected chi connectivity index (χ0v) is 12.0. The minimum absolute atomic E-state index is 0.545. The molecule has 7 heteroatoms. The Bertz CT molecular complexity index is 607. The maximum Gasteiger partial charge on any atom is 0.182 e. The Labute approximate surface area is 123 Å². The van der Waals surface area contributed by atoms with E-state index in [-0.39, 0.29) is 0 Å². The minimum Gasteiger partial charge on any atom is -0.497 e. The van der Waals surface area contributed by atoms with Crippen molar-refractivity contribution in [3.8, 4) is 17.1 Å². The average molecular weight is 289 g/mol. The van der Waals surface area contributed by atoms with Crippen molar-refractivity contribution in [3.05, 3.63) is 18.2 Å². The van der Waals surface area contributed by atoms with Gasteiger partial charge in [-0.05, 0) is 41.3 Å². The summed E-state index contributed by atoms with van der Waals surface area (Å²) < 4.78 is 12.5. The van der Waals surface area contributed by atoms with Crippen LogP contribution in [0.3, 0.4) is 0 Å². The van der Waals surface area contributed by atoms with E-state index in [4.69, 9.17) is 15.2 Å². The van der Waals surface area contributed by atoms with Crippen molar-refractivity contribution in [1.29, 1.82) is 0 Å². The van der Waals surface area contributed by atoms with Crippen molar-refractivity contribution in [1.82, 2.24) is 20.2 Å². The highest BCUT2D eigenvalue weighted by atomic mass is 16.5. The van der Waals surface area contributed by atoms with E-state index >= 15 is 0 Å². The molecule has 7 nitrogen and oxygen atoms in total. The molecule has 0 radical (unpaired) electrons. The number of hydrogen-bond acceptors (Lipinski definition) is 6. The predicted octanol–water partition coefficient (Wildman–Crippen LogP) is 1.36. The molecule has 0 spiro atoms. The lowest BCUT2D eigenvalue weighted by Crippen LogP contribution is -2.21. The Hall–Kier alpha value is -2.15. The molecule has 0 bridgehead atoms. The number of nitrogens with two attached hydrogens (primary N) is 1. The normalized spacial score (nSPS) is 16.0. The molecular weight excluding hydrogens is 270 g/mol. The van der Waals surface area contributed by atoms with Crippen LogP contribution in [0.2, 0.25) is 0 Å². The molecule has 2 heterocycles. The van der Waals surface area contributed by atoms with Crippen LogP contribution in [0.25, 0.3) is 11.4 Å². The number of aromatic nitrogens is 4. The monoisotopic (exact) mass is 289 g/mol. The minimum atomic E-state index is 0.545. The fraction of sp³-hybridized carbons (Fsp3) is 0.500. The molecular formula is C14H19N5O2. The third-order valence-electron chi connectivity index (χ3n) is 3.73. The van der Waals surface area contributed by atoms with Gasteiger partial charge in [0.25, 0.3) is 0 Å². The summed E-state index contributed by atoms with van der Waals surface area (Å²) in [6.07, 6.45) is 2.08. The fourth-order valence-corrected chi connectivity index (χ4v) is 2.58. The van der Waals surface area contributed by atoms with Gasteiger partial charge in [0.1, 0.15) is 5.75 Å². The van der Waals surface area contributed by atoms with Crippen LogP contribution in [-0.4, -0.2) is 40.5 Å². The lowest BCUT2D eigenvalue weighted by Gasteiger charge is -2.21. The molecule has 21 heavy (non-hydrogen) atoms. The van der Waals surface area contributed by atoms with Crippen LogP contribution in [0.15, 0.2) is 18.2 Å². The number of tetrazole rings is 1. The van der Waals surface area contributed by atoms with E-state index in [9.17, 15) is 0 Å². The Morgan fingerprint density at radius 3 is 2.90 bits per heavy atom. The van der Waals surface area contributed by atoms with Gasteiger partial charge in [-0.15, -0.1) is 5.10 Å². The number of hydrogen-bond donors (Lipinski definition) is 1. The average Bonchev–Trinajstić information content (AvgIpc) is 2.96. The van der Waals surface area contributed by atoms with Crippen LogP contribution in [-0.2, 0) is 11.3 Å². The Kier molecular flexibility index (Phi) is 4.01. The molecule has 0 aliphatic carbocycles. The van der Waals surface area contributed by atoms with E-state index in [2.05, 4.69) is 15.5 Å². The van der Waals surface area contributed by atoms with E-state index in [1.807, 2.05) is 16.8 Å². The number of nitrogens with zero attached hydrogens (tertiary/aromatic N) is 4. The second-order valence-corrected chi connectivity index (χ2v) is 5.24. The molecule has 3 rings (SSSR count). The van der Waals surface area contributed by atoms with Crippen LogP contribution in [0.4, 0.5) is 5.69 Å². The highest BCUT2D eigenvalue weighted by Gasteiger charge is 2.18. The van der Waals surface area contributed by atoms with Crippen molar-refractivity contribution >= 4 is 5.69 Å². The SMILES string of the molecule is COc1cc(N)cc(-c2nnnn2CC2CCOCC2)c1. The van der Waals surface area contributed by atoms with Gasteiger partial charge in [-0.25, -0.2) is 4.68 Å². The molecule has 1 aromatic carbocycles. The van der Waals surface area contributed by atoms with Gasteiger partial charge in [-0.2, -0.15) is 0 Å². The van der Waals surface area contributed by atoms with Gasteiger partial charge in [0.05, 0.1) is 7.11 Å². The van der Waals surface area contributed by atoms with Crippen molar-refractivity contribution < 1.29 is 9.47 Å². The third kappa shape index (κ3) is 3.13. The summed E-state index contributed by atoms with van der Waals surface area (Å²) in [5, 5.41) is 12.0. The van der Waals surface area contributed by atoms with E-state index in [0.717, 1.165) is 38.2 Å². The summed E-state index contributed by atoms with van der Waals surface area (Å²) in [5.41, 5.74) is 7.40. The number of ether oxygens (including phenoxy) is 2. The topological polar surface area (TPSA) is 88.1 Å². The molecule has 1 aliphatic heterocycles. The van der Waals surface area contributed by atoms with Crippen molar-refractivity contribution in [3.63, 3.8) is 0 Å². The molecule has 1 aliphatic rings. The summed E-state index contributed by atoms with van der Waals surface area (Å²) in [6.45, 7) is 2.42. The standard InChI is InChI=1S/C14H19N5O2/c1-20-13-7-11(6-12(15)8-13)14-16-17-18-19(14)9-10-2-4-21-5-3-10/h6-8,10H,2-5,9,15H2,1H3. The zero-order chi connectivity index (χ0) is 14.7. The first-order valence-corrected chi connectivity index (χ1v) is 7.05. The lowest BCUT2D eigenvalue weighted by atomic mass is 10.0. The first-order valence-electron chi connectivity index (χ1n) is 7.05. The molecule has 1 aromatic heterocycles. The van der Waals surface area contributed by atoms with Crippen LogP contribution in [0, 0.1) is 5.92 Å². The maximum atomic E-state index is 5.90. The molecule has 0 amide bonds. The van der Waals surface area contributed by atoms with Crippen LogP contribution in [0.1, 0.15) is 12.8 Å². The summed E-state index contributed by atoms with van der Waals surface area (Å²) in [5.74, 6) is 1.96. The summed E-state index contributed by atoms with van der Waals surface area (Å²) >= 11 is 0. The third-order valence-corrected chi connectivity index (χ3v) is 3.73. The van der Waals surface area contributed by atoms with E-state index in [1.165, 1.54) is 0 Å². The first kappa shape index (κ1) is 13.8. The van der Waals surface area contributed by atoms with Gasteiger partial charge in [-0.3, -0.25) is 0 Å². The maximum absolute atomic E-state index is 5.90. The Balaban J connectivity index is 1.86. The number of anilines is 1. The van der Waals surface area contributed by atoms with Crippen molar-refractivity contribution in [2.75, 3.05) is 26.1 Å². The smallest absolute Gasteiger partial charge is 0.182 e. The largest absolute Gasteiger partial charge is 0.497 e. The van der Waals surface area contributed by atoms with Gasteiger partial charge in [-0.1, -0.05) is 0 Å². The number of nitrogen functional groups attached to an aromatic ring is 1. The van der Waals surface area contributed by atoms with E-state index in [1.54, 1.807) is 13.2 Å². The molecule has 0 atom stereocenters. The van der Waals surface area contributed by atoms with Gasteiger partial charge >= 0.3 is 0 Å². The van der Waals surface area contributed by atoms with E-state index in [0.29, 0.717) is 23.2 Å². The Morgan fingerprint density at radius 2 is 2.14 bits per heavy atom. The fourth-order valence-electron chi connectivity index (χ4n) is 2.58. The van der Waals surface area contributed by atoms with Gasteiger partial charge in [0.15, 0.2) is 5.82 Å². The van der Waals surface area contributed by atoms with Gasteiger partial charge < -0.3 is 15.2 Å². The lowest BCUT2D eigenvalue weighted by molar-refractivity contribution is 0.0601. The van der Waals surface area contributed by atoms with Crippen LogP contribution >= 0.6 is 0 Å². The second kappa shape index (κ2) is 6.09. The summed E-state index contributed by atoms with van der Waals surface area (Å²) in [4.78, 5) is 0. The zero-order valence-electron chi connectivity index (χ0n) is 12.0. The molecule has 2 aromatic rings. The summed E-state index contributed by atoms with van der Waals surface area (Å²) in [7, 11) is 1.61. The highest BCUT2D eigenvalue weighted by Crippen LogP contribution is 2.26. The summed E-state index contributed by atoms with van der Waals surface area (Å²) in [6, 6.07) is 5.52. The first-order chi connectivity index (χ1) is 10.3. The number of rotatable bonds is 4. The van der Waals surface area contributed by atoms with Crippen LogP contribution in [0.5, 0.6) is 5.75 Å². The second-order valence-electron chi connectivity index (χ2n) is 5.24. The van der Waals surface area contributed by atoms with Gasteiger partial charge in [0, 0.05) is 37.1 Å². The molecule has 2 N–H and O–H groups in total. The van der Waals surface area contributed by atoms with E-state index < -0.39 is 0 Å². The van der Waals surface area contributed by atoms with Crippen molar-refractivity contribution in [2.24, 2.45) is 5.92 Å². The molecule has 0 saturated carbocycles. The van der Waals surface area contributed by atoms with Crippen LogP contribution < -0.4 is 10.5 Å².